The van der Waals surface area contributed by atoms with Crippen LogP contribution in [0, 0.1) is 0 Å². The fourth-order valence-electron chi connectivity index (χ4n) is 3.12. The van der Waals surface area contributed by atoms with Gasteiger partial charge in [0, 0.05) is 29.4 Å². The molecule has 168 valence electrons. The van der Waals surface area contributed by atoms with Crippen LogP contribution in [-0.2, 0) is 5.41 Å². The predicted molar refractivity (Wildman–Crippen MR) is 130 cm³/mol. The Labute approximate surface area is 192 Å². The maximum Gasteiger partial charge on any atom is 0.324 e. The molecule has 4 rings (SSSR count). The van der Waals surface area contributed by atoms with E-state index in [1.807, 2.05) is 36.4 Å². The van der Waals surface area contributed by atoms with E-state index in [0.29, 0.717) is 28.8 Å². The van der Waals surface area contributed by atoms with Crippen molar-refractivity contribution < 1.29 is 9.53 Å². The highest BCUT2D eigenvalue weighted by atomic mass is 16.5. The van der Waals surface area contributed by atoms with E-state index in [4.69, 9.17) is 15.6 Å². The Kier molecular flexibility index (Phi) is 5.99. The molecule has 4 N–H and O–H groups in total. The summed E-state index contributed by atoms with van der Waals surface area (Å²) in [6.07, 6.45) is 1.58. The number of ether oxygens (including phenoxy) is 1. The van der Waals surface area contributed by atoms with Crippen LogP contribution in [0.2, 0.25) is 0 Å². The minimum absolute atomic E-state index is 0.164. The smallest absolute Gasteiger partial charge is 0.324 e. The topological polar surface area (TPSA) is 107 Å². The summed E-state index contributed by atoms with van der Waals surface area (Å²) in [6.45, 7) is 6.25. The Morgan fingerprint density at radius 2 is 1.67 bits per heavy atom. The van der Waals surface area contributed by atoms with Crippen LogP contribution in [0.15, 0.2) is 79.0 Å². The van der Waals surface area contributed by atoms with Crippen molar-refractivity contribution in [1.82, 2.24) is 14.8 Å². The van der Waals surface area contributed by atoms with E-state index in [-0.39, 0.29) is 11.4 Å². The van der Waals surface area contributed by atoms with Gasteiger partial charge in [0.15, 0.2) is 0 Å². The van der Waals surface area contributed by atoms with Crippen LogP contribution < -0.4 is 21.1 Å². The average molecular weight is 443 g/mol. The standard InChI is InChI=1S/C25H26N6O2/c1-25(2,3)21-16-23(31(30-21)18-7-5-4-6-8-18)29-24(32)28-17-9-11-19(12-10-17)33-20-13-14-27-22(26)15-20/h4-16H,1-3H3,(H2,26,27)(H2,28,29,32). The van der Waals surface area contributed by atoms with E-state index in [1.165, 1.54) is 0 Å². The van der Waals surface area contributed by atoms with Gasteiger partial charge < -0.3 is 15.8 Å². The number of benzene rings is 2. The number of nitrogens with one attached hydrogen (secondary N) is 2. The van der Waals surface area contributed by atoms with E-state index in [0.717, 1.165) is 11.4 Å². The first-order chi connectivity index (χ1) is 15.8. The molecule has 8 heteroatoms. The first-order valence-electron chi connectivity index (χ1n) is 10.5. The van der Waals surface area contributed by atoms with Gasteiger partial charge in [-0.3, -0.25) is 5.32 Å². The number of nitrogens with zero attached hydrogens (tertiary/aromatic N) is 3. The molecule has 4 aromatic rings. The Hall–Kier alpha value is -4.33. The molecule has 0 aliphatic carbocycles. The van der Waals surface area contributed by atoms with Crippen molar-refractivity contribution in [3.63, 3.8) is 0 Å². The summed E-state index contributed by atoms with van der Waals surface area (Å²) in [4.78, 5) is 16.7. The Morgan fingerprint density at radius 1 is 0.939 bits per heavy atom. The SMILES string of the molecule is CC(C)(C)c1cc(NC(=O)Nc2ccc(Oc3ccnc(N)c3)cc2)n(-c2ccccc2)n1. The lowest BCUT2D eigenvalue weighted by atomic mass is 9.92. The van der Waals surface area contributed by atoms with Gasteiger partial charge >= 0.3 is 6.03 Å². The second-order valence-electron chi connectivity index (χ2n) is 8.53. The summed E-state index contributed by atoms with van der Waals surface area (Å²) in [6, 6.07) is 21.6. The first-order valence-corrected chi connectivity index (χ1v) is 10.5. The van der Waals surface area contributed by atoms with Crippen LogP contribution in [0.3, 0.4) is 0 Å². The molecule has 0 radical (unpaired) electrons. The summed E-state index contributed by atoms with van der Waals surface area (Å²) in [5, 5.41) is 10.5. The number of amides is 2. The number of rotatable bonds is 5. The van der Waals surface area contributed by atoms with Crippen LogP contribution in [0.25, 0.3) is 5.69 Å². The summed E-state index contributed by atoms with van der Waals surface area (Å²) >= 11 is 0. The number of pyridine rings is 1. The number of hydrogen-bond acceptors (Lipinski definition) is 5. The Bertz CT molecular complexity index is 1240. The second kappa shape index (κ2) is 9.04. The van der Waals surface area contributed by atoms with Crippen molar-refractivity contribution in [1.29, 1.82) is 0 Å². The number of para-hydroxylation sites is 1. The number of anilines is 3. The molecule has 0 unspecified atom stereocenters. The number of carbonyl (C=O) groups excluding carboxylic acids is 1. The van der Waals surface area contributed by atoms with Crippen LogP contribution >= 0.6 is 0 Å². The van der Waals surface area contributed by atoms with Crippen molar-refractivity contribution in [2.75, 3.05) is 16.4 Å². The largest absolute Gasteiger partial charge is 0.457 e. The van der Waals surface area contributed by atoms with Gasteiger partial charge in [0.05, 0.1) is 11.4 Å². The normalized spacial score (nSPS) is 11.1. The van der Waals surface area contributed by atoms with Gasteiger partial charge in [-0.05, 0) is 42.5 Å². The highest BCUT2D eigenvalue weighted by Crippen LogP contribution is 2.27. The van der Waals surface area contributed by atoms with Crippen LogP contribution in [0.5, 0.6) is 11.5 Å². The fourth-order valence-corrected chi connectivity index (χ4v) is 3.12. The lowest BCUT2D eigenvalue weighted by molar-refractivity contribution is 0.262. The van der Waals surface area contributed by atoms with Crippen LogP contribution in [0.1, 0.15) is 26.5 Å². The van der Waals surface area contributed by atoms with Crippen molar-refractivity contribution in [3.8, 4) is 17.2 Å². The summed E-state index contributed by atoms with van der Waals surface area (Å²) in [5.41, 5.74) is 7.87. The third-order valence-corrected chi connectivity index (χ3v) is 4.82. The second-order valence-corrected chi connectivity index (χ2v) is 8.53. The molecule has 0 aliphatic rings. The number of carbonyl (C=O) groups is 1. The Morgan fingerprint density at radius 3 is 2.33 bits per heavy atom. The van der Waals surface area contributed by atoms with Crippen molar-refractivity contribution in [2.45, 2.75) is 26.2 Å². The quantitative estimate of drug-likeness (QED) is 0.374. The van der Waals surface area contributed by atoms with E-state index >= 15 is 0 Å². The lowest BCUT2D eigenvalue weighted by Gasteiger charge is -2.14. The molecule has 33 heavy (non-hydrogen) atoms. The monoisotopic (exact) mass is 442 g/mol. The fraction of sp³-hybridized carbons (Fsp3) is 0.160. The molecule has 0 bridgehead atoms. The molecule has 0 atom stereocenters. The zero-order valence-electron chi connectivity index (χ0n) is 18.7. The molecule has 0 saturated heterocycles. The van der Waals surface area contributed by atoms with Gasteiger partial charge in [0.25, 0.3) is 0 Å². The predicted octanol–water partition coefficient (Wildman–Crippen LogP) is 5.58. The van der Waals surface area contributed by atoms with Crippen molar-refractivity contribution in [2.24, 2.45) is 0 Å². The molecular weight excluding hydrogens is 416 g/mol. The number of nitrogen functional groups attached to an aromatic ring is 1. The molecule has 0 spiro atoms. The highest BCUT2D eigenvalue weighted by molar-refractivity contribution is 5.99. The molecular formula is C25H26N6O2. The average Bonchev–Trinajstić information content (AvgIpc) is 3.20. The van der Waals surface area contributed by atoms with E-state index in [9.17, 15) is 4.79 Å². The van der Waals surface area contributed by atoms with Gasteiger partial charge in [-0.1, -0.05) is 39.0 Å². The molecule has 2 aromatic heterocycles. The molecule has 0 fully saturated rings. The van der Waals surface area contributed by atoms with Crippen molar-refractivity contribution >= 4 is 23.4 Å². The molecule has 2 amide bonds. The summed E-state index contributed by atoms with van der Waals surface area (Å²) < 4.78 is 7.49. The molecule has 0 aliphatic heterocycles. The van der Waals surface area contributed by atoms with Gasteiger partial charge in [-0.15, -0.1) is 0 Å². The minimum Gasteiger partial charge on any atom is -0.457 e. The van der Waals surface area contributed by atoms with Gasteiger partial charge in [0.2, 0.25) is 0 Å². The lowest BCUT2D eigenvalue weighted by Crippen LogP contribution is -2.21. The summed E-state index contributed by atoms with van der Waals surface area (Å²) in [5.74, 6) is 2.17. The number of aromatic nitrogens is 3. The highest BCUT2D eigenvalue weighted by Gasteiger charge is 2.21. The maximum atomic E-state index is 12.7. The number of urea groups is 1. The molecule has 2 aromatic carbocycles. The third kappa shape index (κ3) is 5.48. The first kappa shape index (κ1) is 21.9. The molecule has 8 nitrogen and oxygen atoms in total. The van der Waals surface area contributed by atoms with E-state index < -0.39 is 0 Å². The molecule has 2 heterocycles. The van der Waals surface area contributed by atoms with E-state index in [1.54, 1.807) is 47.3 Å². The number of hydrogen-bond donors (Lipinski definition) is 3. The zero-order valence-corrected chi connectivity index (χ0v) is 18.7. The number of nitrogens with two attached hydrogens (primary N) is 1. The van der Waals surface area contributed by atoms with Gasteiger partial charge in [-0.25, -0.2) is 14.5 Å². The minimum atomic E-state index is -0.372. The van der Waals surface area contributed by atoms with Crippen molar-refractivity contribution in [3.05, 3.63) is 84.7 Å². The summed E-state index contributed by atoms with van der Waals surface area (Å²) in [7, 11) is 0. The third-order valence-electron chi connectivity index (χ3n) is 4.82. The molecule has 0 saturated carbocycles. The van der Waals surface area contributed by atoms with E-state index in [2.05, 4.69) is 36.4 Å². The van der Waals surface area contributed by atoms with Gasteiger partial charge in [0.1, 0.15) is 23.1 Å². The zero-order chi connectivity index (χ0) is 23.4. The maximum absolute atomic E-state index is 12.7. The Balaban J connectivity index is 1.47. The van der Waals surface area contributed by atoms with Crippen LogP contribution in [0.4, 0.5) is 22.1 Å². The van der Waals surface area contributed by atoms with Gasteiger partial charge in [-0.2, -0.15) is 5.10 Å². The van der Waals surface area contributed by atoms with Crippen LogP contribution in [-0.4, -0.2) is 20.8 Å².